The van der Waals surface area contributed by atoms with Crippen LogP contribution in [0.1, 0.15) is 0 Å². The lowest BCUT2D eigenvalue weighted by molar-refractivity contribution is -0.384. The molecular weight excluding hydrogens is 416 g/mol. The zero-order valence-electron chi connectivity index (χ0n) is 13.5. The fourth-order valence-corrected chi connectivity index (χ4v) is 4.92. The van der Waals surface area contributed by atoms with Gasteiger partial charge in [0, 0.05) is 49.8 Å². The molecule has 0 saturated carbocycles. The van der Waals surface area contributed by atoms with Crippen molar-refractivity contribution in [2.24, 2.45) is 0 Å². The van der Waals surface area contributed by atoms with Crippen molar-refractivity contribution in [3.8, 4) is 0 Å². The molecule has 1 aromatic carbocycles. The number of benzene rings is 1. The molecule has 3 rings (SSSR count). The Labute approximate surface area is 154 Å². The van der Waals surface area contributed by atoms with Crippen LogP contribution in [0.4, 0.5) is 11.4 Å². The van der Waals surface area contributed by atoms with E-state index in [1.165, 1.54) is 14.7 Å². The van der Waals surface area contributed by atoms with Crippen LogP contribution in [0.15, 0.2) is 22.7 Å². The second-order valence-corrected chi connectivity index (χ2v) is 8.64. The van der Waals surface area contributed by atoms with Crippen LogP contribution in [-0.2, 0) is 14.9 Å². The van der Waals surface area contributed by atoms with Crippen molar-refractivity contribution in [2.45, 2.75) is 0 Å². The summed E-state index contributed by atoms with van der Waals surface area (Å²) in [6.07, 6.45) is 0. The van der Waals surface area contributed by atoms with Gasteiger partial charge in [-0.3, -0.25) is 10.1 Å². The number of hydrogen-bond acceptors (Lipinski definition) is 6. The number of rotatable bonds is 4. The highest BCUT2D eigenvalue weighted by Crippen LogP contribution is 2.32. The number of morpholine rings is 1. The summed E-state index contributed by atoms with van der Waals surface area (Å²) >= 11 is 3.24. The Morgan fingerprint density at radius 3 is 2.24 bits per heavy atom. The lowest BCUT2D eigenvalue weighted by atomic mass is 10.2. The van der Waals surface area contributed by atoms with Gasteiger partial charge in [-0.2, -0.15) is 17.0 Å². The van der Waals surface area contributed by atoms with Crippen LogP contribution in [0.5, 0.6) is 0 Å². The summed E-state index contributed by atoms with van der Waals surface area (Å²) in [6.45, 7) is 2.95. The van der Waals surface area contributed by atoms with E-state index < -0.39 is 15.1 Å². The number of hydrogen-bond donors (Lipinski definition) is 0. The summed E-state index contributed by atoms with van der Waals surface area (Å²) in [4.78, 5) is 12.7. The predicted octanol–water partition coefficient (Wildman–Crippen LogP) is 1.06. The molecule has 0 amide bonds. The average Bonchev–Trinajstić information content (AvgIpc) is 2.62. The molecule has 1 aromatic rings. The monoisotopic (exact) mass is 434 g/mol. The molecular formula is C14H19BrN4O5S. The smallest absolute Gasteiger partial charge is 0.293 e. The van der Waals surface area contributed by atoms with Crippen molar-refractivity contribution >= 4 is 37.5 Å². The molecule has 0 radical (unpaired) electrons. The number of ether oxygens (including phenoxy) is 1. The van der Waals surface area contributed by atoms with Crippen LogP contribution >= 0.6 is 15.9 Å². The first kappa shape index (κ1) is 18.5. The molecule has 2 saturated heterocycles. The molecule has 0 bridgehead atoms. The number of halogens is 1. The molecule has 138 valence electrons. The Kier molecular flexibility index (Phi) is 5.58. The van der Waals surface area contributed by atoms with E-state index >= 15 is 0 Å². The van der Waals surface area contributed by atoms with Gasteiger partial charge < -0.3 is 9.64 Å². The van der Waals surface area contributed by atoms with Crippen LogP contribution in [0, 0.1) is 10.1 Å². The van der Waals surface area contributed by atoms with Gasteiger partial charge in [0.25, 0.3) is 15.9 Å². The van der Waals surface area contributed by atoms with Crippen molar-refractivity contribution in [2.75, 3.05) is 57.4 Å². The van der Waals surface area contributed by atoms with Crippen molar-refractivity contribution in [3.63, 3.8) is 0 Å². The van der Waals surface area contributed by atoms with E-state index in [-0.39, 0.29) is 5.69 Å². The Morgan fingerprint density at radius 2 is 1.64 bits per heavy atom. The van der Waals surface area contributed by atoms with Crippen molar-refractivity contribution in [1.29, 1.82) is 0 Å². The highest BCUT2D eigenvalue weighted by Gasteiger charge is 2.34. The predicted molar refractivity (Wildman–Crippen MR) is 95.9 cm³/mol. The van der Waals surface area contributed by atoms with E-state index in [1.54, 1.807) is 12.1 Å². The summed E-state index contributed by atoms with van der Waals surface area (Å²) in [6, 6.07) is 4.90. The third kappa shape index (κ3) is 3.95. The highest BCUT2D eigenvalue weighted by atomic mass is 79.9. The van der Waals surface area contributed by atoms with Crippen molar-refractivity contribution in [1.82, 2.24) is 8.61 Å². The normalized spacial score (nSPS) is 20.6. The van der Waals surface area contributed by atoms with Gasteiger partial charge in [-0.1, -0.05) is 15.9 Å². The second-order valence-electron chi connectivity index (χ2n) is 5.80. The average molecular weight is 435 g/mol. The highest BCUT2D eigenvalue weighted by molar-refractivity contribution is 9.10. The summed E-state index contributed by atoms with van der Waals surface area (Å²) < 4.78 is 34.1. The van der Waals surface area contributed by atoms with Crippen LogP contribution in [0.3, 0.4) is 0 Å². The van der Waals surface area contributed by atoms with E-state index in [2.05, 4.69) is 15.9 Å². The zero-order valence-corrected chi connectivity index (χ0v) is 15.9. The molecule has 0 spiro atoms. The van der Waals surface area contributed by atoms with Crippen molar-refractivity contribution in [3.05, 3.63) is 32.8 Å². The first-order chi connectivity index (χ1) is 11.9. The standard InChI is InChI=1S/C14H19BrN4O5S/c15-12-1-2-13(14(11-12)19(20)21)16-3-5-17(6-4-16)25(22,23)18-7-9-24-10-8-18/h1-2,11H,3-10H2. The van der Waals surface area contributed by atoms with E-state index in [0.717, 1.165) is 0 Å². The van der Waals surface area contributed by atoms with Crippen LogP contribution in [-0.4, -0.2) is 74.4 Å². The van der Waals surface area contributed by atoms with E-state index in [0.29, 0.717) is 62.6 Å². The SMILES string of the molecule is O=[N+]([O-])c1cc(Br)ccc1N1CCN(S(=O)(=O)N2CCOCC2)CC1. The molecule has 9 nitrogen and oxygen atoms in total. The van der Waals surface area contributed by atoms with Gasteiger partial charge in [0.2, 0.25) is 0 Å². The van der Waals surface area contributed by atoms with Crippen LogP contribution < -0.4 is 4.90 Å². The molecule has 0 unspecified atom stereocenters. The zero-order chi connectivity index (χ0) is 18.0. The maximum Gasteiger partial charge on any atom is 0.293 e. The van der Waals surface area contributed by atoms with E-state index in [4.69, 9.17) is 4.74 Å². The molecule has 2 heterocycles. The number of nitro benzene ring substituents is 1. The third-order valence-electron chi connectivity index (χ3n) is 4.34. The Balaban J connectivity index is 1.71. The molecule has 0 aromatic heterocycles. The number of anilines is 1. The molecule has 2 aliphatic heterocycles. The molecule has 25 heavy (non-hydrogen) atoms. The summed E-state index contributed by atoms with van der Waals surface area (Å²) in [5.41, 5.74) is 0.524. The second kappa shape index (κ2) is 7.54. The lowest BCUT2D eigenvalue weighted by Crippen LogP contribution is -2.55. The molecule has 2 aliphatic rings. The minimum absolute atomic E-state index is 0.0128. The van der Waals surface area contributed by atoms with Crippen molar-refractivity contribution < 1.29 is 18.1 Å². The number of piperazine rings is 1. The van der Waals surface area contributed by atoms with Gasteiger partial charge in [0.05, 0.1) is 18.1 Å². The largest absolute Gasteiger partial charge is 0.379 e. The maximum atomic E-state index is 12.7. The lowest BCUT2D eigenvalue weighted by Gasteiger charge is -2.38. The van der Waals surface area contributed by atoms with E-state index in [1.807, 2.05) is 4.90 Å². The Morgan fingerprint density at radius 1 is 1.04 bits per heavy atom. The van der Waals surface area contributed by atoms with Crippen LogP contribution in [0.25, 0.3) is 0 Å². The summed E-state index contributed by atoms with van der Waals surface area (Å²) in [7, 11) is -3.51. The quantitative estimate of drug-likeness (QED) is 0.519. The third-order valence-corrected chi connectivity index (χ3v) is 6.86. The molecule has 0 aliphatic carbocycles. The molecule has 0 N–H and O–H groups in total. The first-order valence-corrected chi connectivity index (χ1v) is 10.1. The Bertz CT molecular complexity index is 746. The molecule has 11 heteroatoms. The number of nitro groups is 1. The van der Waals surface area contributed by atoms with Gasteiger partial charge in [0.1, 0.15) is 5.69 Å². The van der Waals surface area contributed by atoms with E-state index in [9.17, 15) is 18.5 Å². The van der Waals surface area contributed by atoms with Gasteiger partial charge in [-0.05, 0) is 12.1 Å². The van der Waals surface area contributed by atoms with Gasteiger partial charge in [0.15, 0.2) is 0 Å². The minimum Gasteiger partial charge on any atom is -0.379 e. The van der Waals surface area contributed by atoms with Crippen LogP contribution in [0.2, 0.25) is 0 Å². The van der Waals surface area contributed by atoms with Gasteiger partial charge >= 0.3 is 0 Å². The minimum atomic E-state index is -3.51. The summed E-state index contributed by atoms with van der Waals surface area (Å²) in [5, 5.41) is 11.3. The summed E-state index contributed by atoms with van der Waals surface area (Å²) in [5.74, 6) is 0. The number of nitrogens with zero attached hydrogens (tertiary/aromatic N) is 4. The van der Waals surface area contributed by atoms with Gasteiger partial charge in [-0.15, -0.1) is 0 Å². The fraction of sp³-hybridized carbons (Fsp3) is 0.571. The molecule has 0 atom stereocenters. The maximum absolute atomic E-state index is 12.7. The fourth-order valence-electron chi connectivity index (χ4n) is 3.01. The van der Waals surface area contributed by atoms with Gasteiger partial charge in [-0.25, -0.2) is 0 Å². The Hall–Kier alpha value is -1.27. The molecule has 2 fully saturated rings. The first-order valence-electron chi connectivity index (χ1n) is 7.91. The topological polar surface area (TPSA) is 96.2 Å².